The normalized spacial score (nSPS) is 28.8. The minimum Gasteiger partial charge on any atom is -0.507 e. The zero-order valence-corrected chi connectivity index (χ0v) is 18.7. The van der Waals surface area contributed by atoms with Crippen molar-refractivity contribution < 1.29 is 24.2 Å². The number of hydrogen-bond acceptors (Lipinski definition) is 5. The van der Waals surface area contributed by atoms with Crippen molar-refractivity contribution in [2.75, 3.05) is 7.11 Å². The molecule has 0 aromatic heterocycles. The number of ether oxygens (including phenoxy) is 2. The molecule has 0 bridgehead atoms. The smallest absolute Gasteiger partial charge is 0.342 e. The van der Waals surface area contributed by atoms with E-state index >= 15 is 0 Å². The quantitative estimate of drug-likeness (QED) is 0.527. The van der Waals surface area contributed by atoms with Crippen molar-refractivity contribution in [1.29, 1.82) is 0 Å². The molecule has 0 saturated heterocycles. The molecule has 4 rings (SSSR count). The number of carbonyl (C=O) groups excluding carboxylic acids is 2. The van der Waals surface area contributed by atoms with Crippen molar-refractivity contribution in [3.05, 3.63) is 45.0 Å². The van der Waals surface area contributed by atoms with Crippen LogP contribution in [0.25, 0.3) is 0 Å². The van der Waals surface area contributed by atoms with Gasteiger partial charge in [-0.3, -0.25) is 4.79 Å². The van der Waals surface area contributed by atoms with Crippen LogP contribution in [0.5, 0.6) is 11.5 Å². The minimum absolute atomic E-state index is 0.0247. The van der Waals surface area contributed by atoms with E-state index < -0.39 is 12.1 Å². The minimum atomic E-state index is -0.652. The average molecular weight is 431 g/mol. The number of phenolic OH excluding ortho intramolecular Hbond substituents is 1. The largest absolute Gasteiger partial charge is 0.507 e. The van der Waals surface area contributed by atoms with Gasteiger partial charge in [-0.05, 0) is 48.7 Å². The van der Waals surface area contributed by atoms with E-state index in [0.717, 1.165) is 24.7 Å². The topological polar surface area (TPSA) is 72.8 Å². The Labute approximate surface area is 181 Å². The zero-order chi connectivity index (χ0) is 22.0. The Bertz CT molecular complexity index is 1020. The molecule has 1 N–H and O–H groups in total. The molecule has 0 aliphatic heterocycles. The van der Waals surface area contributed by atoms with Gasteiger partial charge >= 0.3 is 5.97 Å². The molecule has 0 radical (unpaired) electrons. The predicted molar refractivity (Wildman–Crippen MR) is 114 cm³/mol. The third-order valence-electron chi connectivity index (χ3n) is 7.10. The fraction of sp³-hybridized carbons (Fsp3) is 0.500. The highest BCUT2D eigenvalue weighted by molar-refractivity contribution is 6.33. The summed E-state index contributed by atoms with van der Waals surface area (Å²) >= 11 is 6.26. The maximum atomic E-state index is 12.9. The number of aldehydes is 1. The van der Waals surface area contributed by atoms with Crippen LogP contribution in [-0.4, -0.2) is 30.6 Å². The molecule has 2 saturated carbocycles. The van der Waals surface area contributed by atoms with E-state index in [9.17, 15) is 14.7 Å². The molecule has 3 atom stereocenters. The van der Waals surface area contributed by atoms with E-state index in [2.05, 4.69) is 20.8 Å². The summed E-state index contributed by atoms with van der Waals surface area (Å²) in [7, 11) is 1.44. The first kappa shape index (κ1) is 21.0. The second kappa shape index (κ2) is 6.88. The lowest BCUT2D eigenvalue weighted by atomic mass is 9.52. The van der Waals surface area contributed by atoms with E-state index in [1.807, 2.05) is 6.08 Å². The molecule has 2 fully saturated rings. The van der Waals surface area contributed by atoms with E-state index in [-0.39, 0.29) is 27.2 Å². The molecule has 0 amide bonds. The van der Waals surface area contributed by atoms with E-state index in [1.54, 1.807) is 6.92 Å². The van der Waals surface area contributed by atoms with Crippen LogP contribution in [0.3, 0.4) is 0 Å². The molecule has 1 aromatic carbocycles. The molecular weight excluding hydrogens is 404 g/mol. The second-order valence-electron chi connectivity index (χ2n) is 9.73. The van der Waals surface area contributed by atoms with Crippen LogP contribution < -0.4 is 4.74 Å². The van der Waals surface area contributed by atoms with Crippen LogP contribution in [-0.2, 0) is 9.53 Å². The van der Waals surface area contributed by atoms with Crippen LogP contribution in [0.1, 0.15) is 56.0 Å². The van der Waals surface area contributed by atoms with Crippen LogP contribution >= 0.6 is 11.6 Å². The summed E-state index contributed by atoms with van der Waals surface area (Å²) in [6, 6.07) is 1.31. The molecule has 160 valence electrons. The lowest BCUT2D eigenvalue weighted by Gasteiger charge is -2.54. The number of aromatic hydroxyl groups is 1. The summed E-state index contributed by atoms with van der Waals surface area (Å²) in [6.45, 7) is 8.32. The third kappa shape index (κ3) is 2.97. The SMILES string of the molecule is COc1cc(O)c(C(=O)O[C@H]2C[C@]3(C)C2=C(C=O)C=C2CC(C)(C)C[C@H]23)c(C)c1Cl. The molecule has 5 nitrogen and oxygen atoms in total. The number of allylic oxidation sites excluding steroid dienone is 3. The van der Waals surface area contributed by atoms with Gasteiger partial charge in [0.05, 0.1) is 12.1 Å². The highest BCUT2D eigenvalue weighted by atomic mass is 35.5. The Morgan fingerprint density at radius 1 is 1.30 bits per heavy atom. The lowest BCUT2D eigenvalue weighted by molar-refractivity contribution is -0.105. The van der Waals surface area contributed by atoms with Gasteiger partial charge in [0.2, 0.25) is 0 Å². The molecule has 0 heterocycles. The fourth-order valence-electron chi connectivity index (χ4n) is 5.71. The van der Waals surface area contributed by atoms with Crippen molar-refractivity contribution in [2.24, 2.45) is 16.7 Å². The Hall–Kier alpha value is -2.27. The summed E-state index contributed by atoms with van der Waals surface area (Å²) in [5.74, 6) is -0.236. The predicted octanol–water partition coefficient (Wildman–Crippen LogP) is 5.17. The van der Waals surface area contributed by atoms with Gasteiger partial charge in [-0.15, -0.1) is 0 Å². The summed E-state index contributed by atoms with van der Waals surface area (Å²) in [5, 5.41) is 10.6. The van der Waals surface area contributed by atoms with Gasteiger partial charge in [-0.2, -0.15) is 0 Å². The van der Waals surface area contributed by atoms with Crippen molar-refractivity contribution >= 4 is 23.9 Å². The highest BCUT2D eigenvalue weighted by Crippen LogP contribution is 2.64. The number of benzene rings is 1. The summed E-state index contributed by atoms with van der Waals surface area (Å²) in [5.41, 5.74) is 3.30. The average Bonchev–Trinajstić information content (AvgIpc) is 2.97. The Kier molecular flexibility index (Phi) is 4.81. The highest BCUT2D eigenvalue weighted by Gasteiger charge is 2.59. The van der Waals surface area contributed by atoms with Crippen LogP contribution in [0.15, 0.2) is 28.9 Å². The van der Waals surface area contributed by atoms with Crippen LogP contribution in [0.2, 0.25) is 5.02 Å². The molecule has 30 heavy (non-hydrogen) atoms. The molecule has 0 spiro atoms. The number of fused-ring (bicyclic) bond motifs is 3. The van der Waals surface area contributed by atoms with Gasteiger partial charge in [0.1, 0.15) is 29.5 Å². The van der Waals surface area contributed by atoms with Gasteiger partial charge in [0.15, 0.2) is 0 Å². The maximum absolute atomic E-state index is 12.9. The summed E-state index contributed by atoms with van der Waals surface area (Å²) < 4.78 is 10.9. The first-order valence-corrected chi connectivity index (χ1v) is 10.6. The molecule has 6 heteroatoms. The first-order chi connectivity index (χ1) is 14.0. The summed E-state index contributed by atoms with van der Waals surface area (Å²) in [4.78, 5) is 24.8. The Morgan fingerprint density at radius 2 is 2.00 bits per heavy atom. The molecule has 3 aliphatic rings. The number of phenols is 1. The third-order valence-corrected chi connectivity index (χ3v) is 7.57. The van der Waals surface area contributed by atoms with Crippen molar-refractivity contribution in [2.45, 2.75) is 53.1 Å². The number of rotatable bonds is 4. The monoisotopic (exact) mass is 430 g/mol. The standard InChI is InChI=1S/C24H27ClO5/c1-12-19(16(27)7-17(29-5)21(12)25)22(28)30-18-10-24(4)15-9-23(2,3)8-13(15)6-14(11-26)20(18)24/h6-7,11,15,18,27H,8-10H2,1-5H3/t15-,18+,24+/m1/s1. The fourth-order valence-corrected chi connectivity index (χ4v) is 5.94. The van der Waals surface area contributed by atoms with Gasteiger partial charge < -0.3 is 14.6 Å². The summed E-state index contributed by atoms with van der Waals surface area (Å²) in [6.07, 6.45) is 5.09. The Balaban J connectivity index is 1.64. The van der Waals surface area contributed by atoms with Gasteiger partial charge in [0.25, 0.3) is 0 Å². The van der Waals surface area contributed by atoms with Gasteiger partial charge in [-0.1, -0.05) is 44.0 Å². The second-order valence-corrected chi connectivity index (χ2v) is 10.1. The number of esters is 1. The van der Waals surface area contributed by atoms with Gasteiger partial charge in [-0.25, -0.2) is 4.79 Å². The van der Waals surface area contributed by atoms with Crippen molar-refractivity contribution in [3.8, 4) is 11.5 Å². The first-order valence-electron chi connectivity index (χ1n) is 10.2. The molecule has 1 aromatic rings. The number of halogens is 1. The molecule has 0 unspecified atom stereocenters. The number of carbonyl (C=O) groups is 2. The Morgan fingerprint density at radius 3 is 2.63 bits per heavy atom. The van der Waals surface area contributed by atoms with Crippen LogP contribution in [0.4, 0.5) is 0 Å². The van der Waals surface area contributed by atoms with Gasteiger partial charge in [0, 0.05) is 17.1 Å². The van der Waals surface area contributed by atoms with E-state index in [1.165, 1.54) is 18.7 Å². The number of hydrogen-bond donors (Lipinski definition) is 1. The lowest BCUT2D eigenvalue weighted by Crippen LogP contribution is -2.51. The number of methoxy groups -OCH3 is 1. The molecular formula is C24H27ClO5. The van der Waals surface area contributed by atoms with E-state index in [4.69, 9.17) is 21.1 Å². The van der Waals surface area contributed by atoms with Crippen LogP contribution in [0, 0.1) is 23.7 Å². The molecule has 3 aliphatic carbocycles. The zero-order valence-electron chi connectivity index (χ0n) is 18.0. The van der Waals surface area contributed by atoms with E-state index in [0.29, 0.717) is 29.2 Å². The van der Waals surface area contributed by atoms with Crippen molar-refractivity contribution in [1.82, 2.24) is 0 Å². The van der Waals surface area contributed by atoms with Crippen molar-refractivity contribution in [3.63, 3.8) is 0 Å². The maximum Gasteiger partial charge on any atom is 0.342 e.